The fraction of sp³-hybridized carbons (Fsp3) is 0.133. The average molecular weight is 351 g/mol. The average Bonchev–Trinajstić information content (AvgIpc) is 2.49. The Hall–Kier alpha value is -2.38. The van der Waals surface area contributed by atoms with Crippen LogP contribution in [0.5, 0.6) is 0 Å². The fourth-order valence-corrected chi connectivity index (χ4v) is 2.60. The maximum absolute atomic E-state index is 11.0. The Bertz CT molecular complexity index is 744. The van der Waals surface area contributed by atoms with Gasteiger partial charge in [-0.25, -0.2) is 0 Å². The number of aryl methyl sites for hydroxylation is 2. The molecule has 0 heterocycles. The highest BCUT2D eigenvalue weighted by Gasteiger charge is 2.12. The predicted molar refractivity (Wildman–Crippen MR) is 97.0 cm³/mol. The number of hydrazine groups is 1. The molecule has 0 unspecified atom stereocenters. The first-order valence-electron chi connectivity index (χ1n) is 6.71. The Kier molecular flexibility index (Phi) is 5.36. The molecule has 23 heavy (non-hydrogen) atoms. The van der Waals surface area contributed by atoms with Gasteiger partial charge in [-0.3, -0.25) is 21.0 Å². The zero-order valence-electron chi connectivity index (χ0n) is 12.5. The number of hydrogen-bond donors (Lipinski definition) is 3. The number of benzene rings is 2. The predicted octanol–water partition coefficient (Wildman–Crippen LogP) is 4.18. The van der Waals surface area contributed by atoms with E-state index in [4.69, 9.17) is 23.8 Å². The number of anilines is 2. The van der Waals surface area contributed by atoms with E-state index in [-0.39, 0.29) is 10.8 Å². The number of rotatable bonds is 4. The minimum Gasteiger partial charge on any atom is -0.330 e. The smallest absolute Gasteiger partial charge is 0.294 e. The molecular weight excluding hydrogens is 336 g/mol. The van der Waals surface area contributed by atoms with Gasteiger partial charge in [-0.1, -0.05) is 29.8 Å². The van der Waals surface area contributed by atoms with E-state index in [9.17, 15) is 10.1 Å². The highest BCUT2D eigenvalue weighted by Crippen LogP contribution is 2.27. The lowest BCUT2D eigenvalue weighted by atomic mass is 10.1. The zero-order valence-corrected chi connectivity index (χ0v) is 14.1. The van der Waals surface area contributed by atoms with Gasteiger partial charge in [0, 0.05) is 6.07 Å². The van der Waals surface area contributed by atoms with Crippen LogP contribution in [-0.2, 0) is 0 Å². The van der Waals surface area contributed by atoms with E-state index >= 15 is 0 Å². The van der Waals surface area contributed by atoms with Crippen LogP contribution in [0.25, 0.3) is 0 Å². The molecule has 0 aromatic heterocycles. The van der Waals surface area contributed by atoms with Crippen LogP contribution in [-0.4, -0.2) is 10.0 Å². The first kappa shape index (κ1) is 17.0. The molecule has 0 aliphatic rings. The third kappa shape index (κ3) is 4.30. The van der Waals surface area contributed by atoms with Crippen molar-refractivity contribution in [3.05, 3.63) is 62.7 Å². The molecule has 2 aromatic carbocycles. The SMILES string of the molecule is Cc1cc(C)c(NC(=S)NNc2ccccc2[N+](=O)[O-])c(Cl)c1. The van der Waals surface area contributed by atoms with E-state index in [2.05, 4.69) is 16.2 Å². The van der Waals surface area contributed by atoms with Gasteiger partial charge in [-0.2, -0.15) is 0 Å². The maximum atomic E-state index is 11.0. The number of thiocarbonyl (C=S) groups is 1. The minimum absolute atomic E-state index is 0.0488. The summed E-state index contributed by atoms with van der Waals surface area (Å²) in [4.78, 5) is 10.5. The molecule has 0 aliphatic carbocycles. The molecule has 8 heteroatoms. The molecule has 2 rings (SSSR count). The van der Waals surface area contributed by atoms with Crippen LogP contribution in [0.2, 0.25) is 5.02 Å². The highest BCUT2D eigenvalue weighted by atomic mass is 35.5. The molecular formula is C15H15ClN4O2S. The van der Waals surface area contributed by atoms with Crippen molar-refractivity contribution in [3.8, 4) is 0 Å². The van der Waals surface area contributed by atoms with Crippen LogP contribution in [0.1, 0.15) is 11.1 Å². The van der Waals surface area contributed by atoms with Crippen molar-refractivity contribution in [2.24, 2.45) is 0 Å². The van der Waals surface area contributed by atoms with E-state index in [1.807, 2.05) is 26.0 Å². The number of nitrogens with zero attached hydrogens (tertiary/aromatic N) is 1. The first-order chi connectivity index (χ1) is 10.9. The van der Waals surface area contributed by atoms with Crippen LogP contribution in [0.15, 0.2) is 36.4 Å². The van der Waals surface area contributed by atoms with Gasteiger partial charge in [0.1, 0.15) is 5.69 Å². The van der Waals surface area contributed by atoms with Gasteiger partial charge in [0.2, 0.25) is 0 Å². The number of hydrogen-bond acceptors (Lipinski definition) is 4. The van der Waals surface area contributed by atoms with Crippen molar-refractivity contribution in [1.29, 1.82) is 0 Å². The number of nitro benzene ring substituents is 1. The molecule has 0 radical (unpaired) electrons. The second kappa shape index (κ2) is 7.26. The quantitative estimate of drug-likeness (QED) is 0.436. The Morgan fingerprint density at radius 2 is 1.96 bits per heavy atom. The zero-order chi connectivity index (χ0) is 17.0. The van der Waals surface area contributed by atoms with Crippen molar-refractivity contribution in [3.63, 3.8) is 0 Å². The van der Waals surface area contributed by atoms with Crippen LogP contribution in [0.3, 0.4) is 0 Å². The lowest BCUT2D eigenvalue weighted by Crippen LogP contribution is -2.33. The van der Waals surface area contributed by atoms with E-state index in [0.29, 0.717) is 16.4 Å². The van der Waals surface area contributed by atoms with E-state index < -0.39 is 4.92 Å². The van der Waals surface area contributed by atoms with Gasteiger partial charge in [0.05, 0.1) is 15.6 Å². The van der Waals surface area contributed by atoms with Gasteiger partial charge in [-0.15, -0.1) is 0 Å². The first-order valence-corrected chi connectivity index (χ1v) is 7.50. The number of halogens is 1. The number of nitrogens with one attached hydrogen (secondary N) is 3. The van der Waals surface area contributed by atoms with Gasteiger partial charge >= 0.3 is 0 Å². The molecule has 0 atom stereocenters. The van der Waals surface area contributed by atoms with E-state index in [1.165, 1.54) is 6.07 Å². The summed E-state index contributed by atoms with van der Waals surface area (Å²) >= 11 is 11.4. The maximum Gasteiger partial charge on any atom is 0.294 e. The number of para-hydroxylation sites is 2. The summed E-state index contributed by atoms with van der Waals surface area (Å²) in [6.07, 6.45) is 0. The van der Waals surface area contributed by atoms with Crippen LogP contribution in [0.4, 0.5) is 17.1 Å². The van der Waals surface area contributed by atoms with Crippen molar-refractivity contribution in [1.82, 2.24) is 5.43 Å². The molecule has 3 N–H and O–H groups in total. The summed E-state index contributed by atoms with van der Waals surface area (Å²) in [5.74, 6) is 0. The molecule has 2 aromatic rings. The lowest BCUT2D eigenvalue weighted by molar-refractivity contribution is -0.384. The largest absolute Gasteiger partial charge is 0.330 e. The summed E-state index contributed by atoms with van der Waals surface area (Å²) in [7, 11) is 0. The molecule has 6 nitrogen and oxygen atoms in total. The Balaban J connectivity index is 2.06. The summed E-state index contributed by atoms with van der Waals surface area (Å²) < 4.78 is 0. The minimum atomic E-state index is -0.471. The van der Waals surface area contributed by atoms with Crippen molar-refractivity contribution < 1.29 is 4.92 Å². The summed E-state index contributed by atoms with van der Waals surface area (Å²) in [6, 6.07) is 10.1. The molecule has 0 amide bonds. The van der Waals surface area contributed by atoms with Crippen molar-refractivity contribution in [2.75, 3.05) is 10.7 Å². The monoisotopic (exact) mass is 350 g/mol. The molecule has 120 valence electrons. The second-order valence-electron chi connectivity index (χ2n) is 4.92. The molecule has 0 fully saturated rings. The number of nitro groups is 1. The fourth-order valence-electron chi connectivity index (χ4n) is 2.08. The third-order valence-corrected chi connectivity index (χ3v) is 3.58. The van der Waals surface area contributed by atoms with E-state index in [0.717, 1.165) is 11.1 Å². The van der Waals surface area contributed by atoms with E-state index in [1.54, 1.807) is 18.2 Å². The molecule has 0 saturated heterocycles. The van der Waals surface area contributed by atoms with Crippen molar-refractivity contribution >= 4 is 46.0 Å². The summed E-state index contributed by atoms with van der Waals surface area (Å²) in [5.41, 5.74) is 8.40. The Morgan fingerprint density at radius 1 is 1.26 bits per heavy atom. The molecule has 0 bridgehead atoms. The van der Waals surface area contributed by atoms with Crippen LogP contribution in [0, 0.1) is 24.0 Å². The molecule has 0 saturated carbocycles. The van der Waals surface area contributed by atoms with Gasteiger partial charge in [0.15, 0.2) is 5.11 Å². The molecule has 0 aliphatic heterocycles. The van der Waals surface area contributed by atoms with Crippen molar-refractivity contribution in [2.45, 2.75) is 13.8 Å². The third-order valence-electron chi connectivity index (χ3n) is 3.08. The summed E-state index contributed by atoms with van der Waals surface area (Å²) in [6.45, 7) is 3.87. The van der Waals surface area contributed by atoms with Gasteiger partial charge in [0.25, 0.3) is 5.69 Å². The Morgan fingerprint density at radius 3 is 2.61 bits per heavy atom. The van der Waals surface area contributed by atoms with Crippen LogP contribution >= 0.6 is 23.8 Å². The van der Waals surface area contributed by atoms with Gasteiger partial charge < -0.3 is 5.32 Å². The molecule has 0 spiro atoms. The van der Waals surface area contributed by atoms with Gasteiger partial charge in [-0.05, 0) is 49.3 Å². The highest BCUT2D eigenvalue weighted by molar-refractivity contribution is 7.80. The second-order valence-corrected chi connectivity index (χ2v) is 5.73. The Labute approximate surface area is 144 Å². The summed E-state index contributed by atoms with van der Waals surface area (Å²) in [5, 5.41) is 14.7. The standard InChI is InChI=1S/C15H15ClN4O2S/c1-9-7-10(2)14(11(16)8-9)17-15(23)19-18-12-5-3-4-6-13(12)20(21)22/h3-8,18H,1-2H3,(H2,17,19,23). The van der Waals surface area contributed by atoms with Crippen LogP contribution < -0.4 is 16.2 Å². The topological polar surface area (TPSA) is 79.2 Å². The lowest BCUT2D eigenvalue weighted by Gasteiger charge is -2.15. The normalized spacial score (nSPS) is 10.0.